The summed E-state index contributed by atoms with van der Waals surface area (Å²) in [5.74, 6) is 0. The Morgan fingerprint density at radius 1 is 1.44 bits per heavy atom. The Morgan fingerprint density at radius 3 is 2.88 bits per heavy atom. The van der Waals surface area contributed by atoms with Crippen molar-refractivity contribution in [2.75, 3.05) is 13.6 Å². The van der Waals surface area contributed by atoms with E-state index in [1.54, 1.807) is 0 Å². The number of benzene rings is 1. The average Bonchev–Trinajstić information content (AvgIpc) is 2.58. The van der Waals surface area contributed by atoms with E-state index in [2.05, 4.69) is 28.9 Å². The molecule has 0 saturated carbocycles. The van der Waals surface area contributed by atoms with Crippen LogP contribution in [-0.2, 0) is 7.05 Å². The maximum absolute atomic E-state index is 10.0. The quantitative estimate of drug-likeness (QED) is 0.823. The summed E-state index contributed by atoms with van der Waals surface area (Å²) in [4.78, 5) is 0. The number of aryl methyl sites for hydroxylation is 2. The highest BCUT2D eigenvalue weighted by molar-refractivity contribution is 5.87. The standard InChI is InChI=1S/C13H18N2O/c1-9-5-4-6-10-11(12(16)7-14-2)8-15(3)13(9)10/h4-6,8,12,14,16H,7H2,1-3H3. The van der Waals surface area contributed by atoms with E-state index in [0.717, 1.165) is 10.9 Å². The number of aromatic nitrogens is 1. The molecule has 0 bridgehead atoms. The second-order valence-corrected chi connectivity index (χ2v) is 4.24. The van der Waals surface area contributed by atoms with Crippen LogP contribution < -0.4 is 5.32 Å². The fourth-order valence-corrected chi connectivity index (χ4v) is 2.27. The normalized spacial score (nSPS) is 13.2. The number of hydrogen-bond donors (Lipinski definition) is 2. The van der Waals surface area contributed by atoms with Gasteiger partial charge in [-0.3, -0.25) is 0 Å². The Labute approximate surface area is 95.7 Å². The first-order valence-electron chi connectivity index (χ1n) is 5.52. The van der Waals surface area contributed by atoms with Crippen molar-refractivity contribution in [2.24, 2.45) is 7.05 Å². The summed E-state index contributed by atoms with van der Waals surface area (Å²) in [5, 5.41) is 14.2. The van der Waals surface area contributed by atoms with Gasteiger partial charge >= 0.3 is 0 Å². The van der Waals surface area contributed by atoms with Gasteiger partial charge in [-0.1, -0.05) is 18.2 Å². The summed E-state index contributed by atoms with van der Waals surface area (Å²) < 4.78 is 2.08. The number of hydrogen-bond acceptors (Lipinski definition) is 2. The van der Waals surface area contributed by atoms with Crippen molar-refractivity contribution in [2.45, 2.75) is 13.0 Å². The van der Waals surface area contributed by atoms with Crippen LogP contribution >= 0.6 is 0 Å². The molecule has 1 aromatic heterocycles. The third-order valence-electron chi connectivity index (χ3n) is 2.99. The number of rotatable bonds is 3. The van der Waals surface area contributed by atoms with Crippen molar-refractivity contribution in [1.29, 1.82) is 0 Å². The molecule has 16 heavy (non-hydrogen) atoms. The van der Waals surface area contributed by atoms with Crippen LogP contribution in [0.1, 0.15) is 17.2 Å². The number of aliphatic hydroxyl groups excluding tert-OH is 1. The molecule has 0 fully saturated rings. The first-order chi connectivity index (χ1) is 7.65. The van der Waals surface area contributed by atoms with Gasteiger partial charge in [-0.15, -0.1) is 0 Å². The predicted octanol–water partition coefficient (Wildman–Crippen LogP) is 1.74. The SMILES string of the molecule is CNCC(O)c1cn(C)c2c(C)cccc12. The molecule has 0 amide bonds. The smallest absolute Gasteiger partial charge is 0.0934 e. The van der Waals surface area contributed by atoms with Gasteiger partial charge in [0.1, 0.15) is 0 Å². The second kappa shape index (κ2) is 4.28. The van der Waals surface area contributed by atoms with Gasteiger partial charge in [-0.25, -0.2) is 0 Å². The molecular formula is C13H18N2O. The maximum Gasteiger partial charge on any atom is 0.0934 e. The zero-order chi connectivity index (χ0) is 11.7. The van der Waals surface area contributed by atoms with Gasteiger partial charge in [0.15, 0.2) is 0 Å². The van der Waals surface area contributed by atoms with Gasteiger partial charge in [0.25, 0.3) is 0 Å². The lowest BCUT2D eigenvalue weighted by Crippen LogP contribution is -2.16. The van der Waals surface area contributed by atoms with Crippen molar-refractivity contribution in [1.82, 2.24) is 9.88 Å². The van der Waals surface area contributed by atoms with E-state index in [0.29, 0.717) is 6.54 Å². The largest absolute Gasteiger partial charge is 0.387 e. The number of nitrogens with zero attached hydrogens (tertiary/aromatic N) is 1. The van der Waals surface area contributed by atoms with Crippen LogP contribution in [0, 0.1) is 6.92 Å². The Hall–Kier alpha value is -1.32. The summed E-state index contributed by atoms with van der Waals surface area (Å²) in [6, 6.07) is 6.19. The van der Waals surface area contributed by atoms with Gasteiger partial charge in [-0.2, -0.15) is 0 Å². The first-order valence-corrected chi connectivity index (χ1v) is 5.52. The van der Waals surface area contributed by atoms with Crippen molar-refractivity contribution in [3.8, 4) is 0 Å². The van der Waals surface area contributed by atoms with E-state index >= 15 is 0 Å². The molecule has 0 saturated heterocycles. The Balaban J connectivity index is 2.59. The summed E-state index contributed by atoms with van der Waals surface area (Å²) >= 11 is 0. The van der Waals surface area contributed by atoms with E-state index in [4.69, 9.17) is 0 Å². The fourth-order valence-electron chi connectivity index (χ4n) is 2.27. The number of likely N-dealkylation sites (N-methyl/N-ethyl adjacent to an activating group) is 1. The average molecular weight is 218 g/mol. The third-order valence-corrected chi connectivity index (χ3v) is 2.99. The molecule has 3 nitrogen and oxygen atoms in total. The van der Waals surface area contributed by atoms with Crippen molar-refractivity contribution in [3.05, 3.63) is 35.5 Å². The first kappa shape index (κ1) is 11.2. The lowest BCUT2D eigenvalue weighted by molar-refractivity contribution is 0.179. The number of aliphatic hydroxyl groups is 1. The zero-order valence-electron chi connectivity index (χ0n) is 9.99. The molecule has 1 unspecified atom stereocenters. The Morgan fingerprint density at radius 2 is 2.19 bits per heavy atom. The Bertz CT molecular complexity index is 502. The minimum atomic E-state index is -0.449. The highest BCUT2D eigenvalue weighted by atomic mass is 16.3. The molecule has 2 aromatic rings. The zero-order valence-corrected chi connectivity index (χ0v) is 9.99. The lowest BCUT2D eigenvalue weighted by Gasteiger charge is -2.08. The van der Waals surface area contributed by atoms with Crippen molar-refractivity contribution < 1.29 is 5.11 Å². The van der Waals surface area contributed by atoms with E-state index in [1.807, 2.05) is 26.4 Å². The molecule has 1 aromatic carbocycles. The van der Waals surface area contributed by atoms with Crippen molar-refractivity contribution >= 4 is 10.9 Å². The van der Waals surface area contributed by atoms with Gasteiger partial charge in [0.05, 0.1) is 11.6 Å². The molecule has 0 spiro atoms. The molecule has 2 N–H and O–H groups in total. The second-order valence-electron chi connectivity index (χ2n) is 4.24. The van der Waals surface area contributed by atoms with E-state index in [1.165, 1.54) is 11.1 Å². The Kier molecular flexibility index (Phi) is 2.99. The number of nitrogens with one attached hydrogen (secondary N) is 1. The van der Waals surface area contributed by atoms with E-state index in [-0.39, 0.29) is 0 Å². The van der Waals surface area contributed by atoms with Crippen LogP contribution in [0.15, 0.2) is 24.4 Å². The van der Waals surface area contributed by atoms with Gasteiger partial charge in [0.2, 0.25) is 0 Å². The summed E-state index contributed by atoms with van der Waals surface area (Å²) in [6.07, 6.45) is 1.56. The van der Waals surface area contributed by atoms with E-state index in [9.17, 15) is 5.11 Å². The van der Waals surface area contributed by atoms with E-state index < -0.39 is 6.10 Å². The highest BCUT2D eigenvalue weighted by Crippen LogP contribution is 2.27. The van der Waals surface area contributed by atoms with Crippen LogP contribution in [0.2, 0.25) is 0 Å². The topological polar surface area (TPSA) is 37.2 Å². The summed E-state index contributed by atoms with van der Waals surface area (Å²) in [7, 11) is 3.87. The van der Waals surface area contributed by atoms with Crippen molar-refractivity contribution in [3.63, 3.8) is 0 Å². The molecular weight excluding hydrogens is 200 g/mol. The molecule has 2 rings (SSSR count). The fraction of sp³-hybridized carbons (Fsp3) is 0.385. The highest BCUT2D eigenvalue weighted by Gasteiger charge is 2.14. The number of para-hydroxylation sites is 1. The summed E-state index contributed by atoms with van der Waals surface area (Å²) in [6.45, 7) is 2.67. The van der Waals surface area contributed by atoms with Gasteiger partial charge < -0.3 is 15.0 Å². The summed E-state index contributed by atoms with van der Waals surface area (Å²) in [5.41, 5.74) is 3.44. The van der Waals surface area contributed by atoms with Crippen LogP contribution in [0.3, 0.4) is 0 Å². The molecule has 0 radical (unpaired) electrons. The monoisotopic (exact) mass is 218 g/mol. The third kappa shape index (κ3) is 1.72. The van der Waals surface area contributed by atoms with Gasteiger partial charge in [-0.05, 0) is 19.5 Å². The minimum Gasteiger partial charge on any atom is -0.387 e. The molecule has 3 heteroatoms. The molecule has 0 aliphatic carbocycles. The van der Waals surface area contributed by atoms with Gasteiger partial charge in [0, 0.05) is 30.7 Å². The number of fused-ring (bicyclic) bond motifs is 1. The molecule has 1 heterocycles. The minimum absolute atomic E-state index is 0.449. The molecule has 86 valence electrons. The molecule has 0 aliphatic rings. The maximum atomic E-state index is 10.0. The predicted molar refractivity (Wildman–Crippen MR) is 66.5 cm³/mol. The lowest BCUT2D eigenvalue weighted by atomic mass is 10.1. The van der Waals surface area contributed by atoms with Crippen LogP contribution in [-0.4, -0.2) is 23.3 Å². The molecule has 0 aliphatic heterocycles. The van der Waals surface area contributed by atoms with Crippen LogP contribution in [0.25, 0.3) is 10.9 Å². The molecule has 1 atom stereocenters. The van der Waals surface area contributed by atoms with Crippen LogP contribution in [0.5, 0.6) is 0 Å². The van der Waals surface area contributed by atoms with Crippen LogP contribution in [0.4, 0.5) is 0 Å².